The molecule has 0 unspecified atom stereocenters. The first kappa shape index (κ1) is 27.0. The highest BCUT2D eigenvalue weighted by molar-refractivity contribution is 5.86. The van der Waals surface area contributed by atoms with Gasteiger partial charge >= 0.3 is 0 Å². The van der Waals surface area contributed by atoms with Gasteiger partial charge in [-0.3, -0.25) is 0 Å². The van der Waals surface area contributed by atoms with Crippen molar-refractivity contribution in [2.75, 3.05) is 26.4 Å². The maximum absolute atomic E-state index is 5.98. The van der Waals surface area contributed by atoms with Crippen LogP contribution in [0.1, 0.15) is 49.9 Å². The summed E-state index contributed by atoms with van der Waals surface area (Å²) in [5.41, 5.74) is 7.05. The highest BCUT2D eigenvalue weighted by atomic mass is 16.5. The molecule has 0 atom stereocenters. The first-order valence-electron chi connectivity index (χ1n) is 13.9. The van der Waals surface area contributed by atoms with Gasteiger partial charge in [-0.2, -0.15) is 0 Å². The van der Waals surface area contributed by atoms with Crippen molar-refractivity contribution in [2.24, 2.45) is 0 Å². The summed E-state index contributed by atoms with van der Waals surface area (Å²) >= 11 is 0. The molecule has 0 aliphatic heterocycles. The average molecular weight is 523 g/mol. The van der Waals surface area contributed by atoms with Gasteiger partial charge in [-0.15, -0.1) is 0 Å². The normalized spacial score (nSPS) is 13.4. The Hall–Kier alpha value is -3.60. The molecule has 202 valence electrons. The van der Waals surface area contributed by atoms with Gasteiger partial charge in [0.25, 0.3) is 0 Å². The lowest BCUT2D eigenvalue weighted by atomic mass is 9.68. The second kappa shape index (κ2) is 12.1. The van der Waals surface area contributed by atoms with Crippen LogP contribution in [0.4, 0.5) is 0 Å². The van der Waals surface area contributed by atoms with Crippen molar-refractivity contribution in [1.82, 2.24) is 0 Å². The Morgan fingerprint density at radius 3 is 1.26 bits per heavy atom. The van der Waals surface area contributed by atoms with E-state index in [1.165, 1.54) is 33.4 Å². The summed E-state index contributed by atoms with van der Waals surface area (Å²) < 4.78 is 23.2. The smallest absolute Gasteiger partial charge is 0.119 e. The standard InChI is InChI=1S/C35H38O4/c1-25(2)36-21-23-38-29-17-13-27(14-18-29)35(28-15-19-30(20-16-28)39-24-22-37-26(3)4)33-11-7-5-9-31(33)32-10-6-8-12-34(32)35/h5-20,25-26H,21-24H2,1-4H3. The summed E-state index contributed by atoms with van der Waals surface area (Å²) in [6.07, 6.45) is 0.395. The van der Waals surface area contributed by atoms with E-state index in [2.05, 4.69) is 97.1 Å². The lowest BCUT2D eigenvalue weighted by molar-refractivity contribution is 0.0552. The van der Waals surface area contributed by atoms with Crippen LogP contribution in [-0.2, 0) is 14.9 Å². The van der Waals surface area contributed by atoms with Crippen molar-refractivity contribution < 1.29 is 18.9 Å². The van der Waals surface area contributed by atoms with Crippen LogP contribution in [0.5, 0.6) is 11.5 Å². The maximum Gasteiger partial charge on any atom is 0.119 e. The lowest BCUT2D eigenvalue weighted by Crippen LogP contribution is -2.28. The fourth-order valence-electron chi connectivity index (χ4n) is 5.51. The van der Waals surface area contributed by atoms with E-state index in [1.807, 2.05) is 27.7 Å². The Morgan fingerprint density at radius 1 is 0.487 bits per heavy atom. The monoisotopic (exact) mass is 522 g/mol. The van der Waals surface area contributed by atoms with E-state index in [-0.39, 0.29) is 12.2 Å². The summed E-state index contributed by atoms with van der Waals surface area (Å²) in [6, 6.07) is 34.6. The SMILES string of the molecule is CC(C)OCCOc1ccc(C2(c3ccc(OCCOC(C)C)cc3)c3ccccc3-c3ccccc32)cc1. The van der Waals surface area contributed by atoms with Gasteiger partial charge in [-0.1, -0.05) is 72.8 Å². The highest BCUT2D eigenvalue weighted by Crippen LogP contribution is 2.56. The van der Waals surface area contributed by atoms with Crippen molar-refractivity contribution in [3.8, 4) is 22.6 Å². The van der Waals surface area contributed by atoms with Crippen LogP contribution in [0.15, 0.2) is 97.1 Å². The summed E-state index contributed by atoms with van der Waals surface area (Å²) in [6.45, 7) is 10.3. The van der Waals surface area contributed by atoms with Crippen LogP contribution < -0.4 is 9.47 Å². The molecule has 0 fully saturated rings. The van der Waals surface area contributed by atoms with Gasteiger partial charge in [0, 0.05) is 0 Å². The molecular formula is C35H38O4. The van der Waals surface area contributed by atoms with E-state index in [0.717, 1.165) is 11.5 Å². The molecule has 5 rings (SSSR count). The molecule has 0 heterocycles. The van der Waals surface area contributed by atoms with E-state index >= 15 is 0 Å². The van der Waals surface area contributed by atoms with Crippen molar-refractivity contribution in [1.29, 1.82) is 0 Å². The Balaban J connectivity index is 1.52. The molecule has 0 N–H and O–H groups in total. The van der Waals surface area contributed by atoms with Gasteiger partial charge < -0.3 is 18.9 Å². The van der Waals surface area contributed by atoms with Crippen molar-refractivity contribution in [2.45, 2.75) is 45.3 Å². The van der Waals surface area contributed by atoms with Gasteiger partial charge in [0.15, 0.2) is 0 Å². The van der Waals surface area contributed by atoms with E-state index in [9.17, 15) is 0 Å². The highest BCUT2D eigenvalue weighted by Gasteiger charge is 2.45. The number of ether oxygens (including phenoxy) is 4. The Labute approximate surface area is 232 Å². The molecule has 39 heavy (non-hydrogen) atoms. The molecule has 0 spiro atoms. The molecule has 4 aromatic carbocycles. The van der Waals surface area contributed by atoms with Crippen LogP contribution >= 0.6 is 0 Å². The fraction of sp³-hybridized carbons (Fsp3) is 0.314. The molecule has 0 bridgehead atoms. The van der Waals surface area contributed by atoms with E-state index < -0.39 is 5.41 Å². The second-order valence-corrected chi connectivity index (χ2v) is 10.4. The maximum atomic E-state index is 5.98. The van der Waals surface area contributed by atoms with Crippen LogP contribution in [0, 0.1) is 0 Å². The van der Waals surface area contributed by atoms with Crippen LogP contribution in [0.2, 0.25) is 0 Å². The van der Waals surface area contributed by atoms with Crippen LogP contribution in [-0.4, -0.2) is 38.6 Å². The van der Waals surface area contributed by atoms with Gasteiger partial charge in [0.1, 0.15) is 24.7 Å². The first-order chi connectivity index (χ1) is 19.0. The summed E-state index contributed by atoms with van der Waals surface area (Å²) in [5, 5.41) is 0. The largest absolute Gasteiger partial charge is 0.491 e. The minimum absolute atomic E-state index is 0.198. The molecule has 1 aliphatic rings. The van der Waals surface area contributed by atoms with E-state index in [4.69, 9.17) is 18.9 Å². The molecule has 0 aromatic heterocycles. The summed E-state index contributed by atoms with van der Waals surface area (Å²) in [4.78, 5) is 0. The minimum atomic E-state index is -0.453. The molecule has 4 nitrogen and oxygen atoms in total. The molecular weight excluding hydrogens is 484 g/mol. The molecule has 4 heteroatoms. The van der Waals surface area contributed by atoms with E-state index in [1.54, 1.807) is 0 Å². The third kappa shape index (κ3) is 5.59. The average Bonchev–Trinajstić information content (AvgIpc) is 3.25. The fourth-order valence-corrected chi connectivity index (χ4v) is 5.51. The third-order valence-electron chi connectivity index (χ3n) is 7.13. The minimum Gasteiger partial charge on any atom is -0.491 e. The first-order valence-corrected chi connectivity index (χ1v) is 13.9. The topological polar surface area (TPSA) is 36.9 Å². The number of hydrogen-bond donors (Lipinski definition) is 0. The Kier molecular flexibility index (Phi) is 8.35. The summed E-state index contributed by atoms with van der Waals surface area (Å²) in [5.74, 6) is 1.68. The summed E-state index contributed by atoms with van der Waals surface area (Å²) in [7, 11) is 0. The quantitative estimate of drug-likeness (QED) is 0.158. The number of benzene rings is 4. The molecule has 4 aromatic rings. The van der Waals surface area contributed by atoms with Gasteiger partial charge in [-0.05, 0) is 85.3 Å². The van der Waals surface area contributed by atoms with Gasteiger partial charge in [-0.25, -0.2) is 0 Å². The van der Waals surface area contributed by atoms with Gasteiger partial charge in [0.05, 0.1) is 30.8 Å². The molecule has 0 radical (unpaired) electrons. The van der Waals surface area contributed by atoms with Gasteiger partial charge in [0.2, 0.25) is 0 Å². The zero-order chi connectivity index (χ0) is 27.2. The number of hydrogen-bond acceptors (Lipinski definition) is 4. The van der Waals surface area contributed by atoms with Crippen LogP contribution in [0.25, 0.3) is 11.1 Å². The van der Waals surface area contributed by atoms with E-state index in [0.29, 0.717) is 26.4 Å². The number of rotatable bonds is 12. The third-order valence-corrected chi connectivity index (χ3v) is 7.13. The Bertz CT molecular complexity index is 1250. The predicted octanol–water partition coefficient (Wildman–Crippen LogP) is 7.66. The number of fused-ring (bicyclic) bond motifs is 3. The van der Waals surface area contributed by atoms with Crippen molar-refractivity contribution >= 4 is 0 Å². The van der Waals surface area contributed by atoms with Crippen LogP contribution in [0.3, 0.4) is 0 Å². The van der Waals surface area contributed by atoms with Crippen molar-refractivity contribution in [3.05, 3.63) is 119 Å². The lowest BCUT2D eigenvalue weighted by Gasteiger charge is -2.34. The molecule has 1 aliphatic carbocycles. The van der Waals surface area contributed by atoms with Crippen molar-refractivity contribution in [3.63, 3.8) is 0 Å². The molecule has 0 saturated heterocycles. The molecule has 0 saturated carbocycles. The zero-order valence-electron chi connectivity index (χ0n) is 23.4. The molecule has 0 amide bonds. The Morgan fingerprint density at radius 2 is 0.872 bits per heavy atom. The predicted molar refractivity (Wildman–Crippen MR) is 157 cm³/mol. The second-order valence-electron chi connectivity index (χ2n) is 10.4. The zero-order valence-corrected chi connectivity index (χ0v) is 23.4.